The Hall–Kier alpha value is 0.700. The van der Waals surface area contributed by atoms with E-state index in [2.05, 4.69) is 40.2 Å². The number of hydrogen-bond donors (Lipinski definition) is 0. The largest absolute Gasteiger partial charge is 0.105 e. The van der Waals surface area contributed by atoms with E-state index in [9.17, 15) is 0 Å². The van der Waals surface area contributed by atoms with E-state index in [1.807, 2.05) is 0 Å². The predicted octanol–water partition coefficient (Wildman–Crippen LogP) is 2.55. The van der Waals surface area contributed by atoms with Gasteiger partial charge in [0, 0.05) is 0 Å². The zero-order valence-electron chi connectivity index (χ0n) is 9.64. The lowest BCUT2D eigenvalue weighted by atomic mass is 10.9. The van der Waals surface area contributed by atoms with Gasteiger partial charge in [0.05, 0.1) is 12.5 Å². The third-order valence-electron chi connectivity index (χ3n) is 1.80. The highest BCUT2D eigenvalue weighted by Crippen LogP contribution is 1.92. The van der Waals surface area contributed by atoms with Gasteiger partial charge >= 0.3 is 0 Å². The molecule has 0 aliphatic rings. The Kier molecular flexibility index (Phi) is 14.8. The minimum atomic E-state index is 0.677. The molecule has 12 heavy (non-hydrogen) atoms. The summed E-state index contributed by atoms with van der Waals surface area (Å²) >= 11 is 0. The van der Waals surface area contributed by atoms with Gasteiger partial charge in [-0.3, -0.25) is 0 Å². The van der Waals surface area contributed by atoms with Crippen LogP contribution in [0.25, 0.3) is 0 Å². The van der Waals surface area contributed by atoms with Gasteiger partial charge < -0.3 is 0 Å². The molecule has 0 aliphatic carbocycles. The highest BCUT2D eigenvalue weighted by molar-refractivity contribution is 7.96. The van der Waals surface area contributed by atoms with E-state index in [0.717, 1.165) is 10.9 Å². The highest BCUT2D eigenvalue weighted by Gasteiger charge is 2.05. The van der Waals surface area contributed by atoms with Crippen LogP contribution < -0.4 is 0 Å². The van der Waals surface area contributed by atoms with Crippen LogP contribution in [0.4, 0.5) is 0 Å². The monoisotopic (exact) mass is 210 g/mol. The molecule has 0 amide bonds. The van der Waals surface area contributed by atoms with Crippen molar-refractivity contribution < 1.29 is 0 Å². The smallest absolute Gasteiger partial charge is 0.0199 e. The standard InChI is InChI=1S/C6H15S.C4H11S/c1-4-7(5-2)6-3;1-4-5(2)3/h4-6H2,1-3H3;4H2,1-3H3/q2*+1. The Bertz CT molecular complexity index is 62.7. The summed E-state index contributed by atoms with van der Waals surface area (Å²) in [5.74, 6) is 5.48. The first-order chi connectivity index (χ1) is 5.62. The van der Waals surface area contributed by atoms with Crippen LogP contribution in [0.2, 0.25) is 0 Å². The van der Waals surface area contributed by atoms with Crippen LogP contribution in [0, 0.1) is 0 Å². The van der Waals surface area contributed by atoms with Gasteiger partial charge in [-0.25, -0.2) is 0 Å². The lowest BCUT2D eigenvalue weighted by Crippen LogP contribution is -2.09. The van der Waals surface area contributed by atoms with Gasteiger partial charge in [-0.15, -0.1) is 0 Å². The maximum absolute atomic E-state index is 2.27. The topological polar surface area (TPSA) is 0 Å². The normalized spacial score (nSPS) is 10.0. The van der Waals surface area contributed by atoms with Crippen molar-refractivity contribution in [2.24, 2.45) is 0 Å². The van der Waals surface area contributed by atoms with E-state index < -0.39 is 0 Å². The molecule has 0 fully saturated rings. The van der Waals surface area contributed by atoms with Crippen LogP contribution in [0.1, 0.15) is 27.7 Å². The van der Waals surface area contributed by atoms with Crippen LogP contribution in [0.15, 0.2) is 0 Å². The maximum Gasteiger partial charge on any atom is 0.105 e. The zero-order chi connectivity index (χ0) is 9.98. The van der Waals surface area contributed by atoms with Crippen LogP contribution >= 0.6 is 0 Å². The van der Waals surface area contributed by atoms with Gasteiger partial charge in [0.2, 0.25) is 0 Å². The van der Waals surface area contributed by atoms with Crippen molar-refractivity contribution in [1.29, 1.82) is 0 Å². The first-order valence-electron chi connectivity index (χ1n) is 4.80. The lowest BCUT2D eigenvalue weighted by Gasteiger charge is -1.96. The molecule has 0 spiro atoms. The van der Waals surface area contributed by atoms with Gasteiger partial charge in [-0.1, -0.05) is 0 Å². The predicted molar refractivity (Wildman–Crippen MR) is 68.7 cm³/mol. The summed E-state index contributed by atoms with van der Waals surface area (Å²) in [5, 5.41) is 0. The quantitative estimate of drug-likeness (QED) is 0.626. The second-order valence-electron chi connectivity index (χ2n) is 2.75. The minimum Gasteiger partial charge on any atom is -0.0199 e. The fourth-order valence-corrected chi connectivity index (χ4v) is 1.84. The van der Waals surface area contributed by atoms with Crippen molar-refractivity contribution in [3.63, 3.8) is 0 Å². The lowest BCUT2D eigenvalue weighted by molar-refractivity contribution is 1.37. The molecule has 0 N–H and O–H groups in total. The molecule has 0 unspecified atom stereocenters. The van der Waals surface area contributed by atoms with Crippen LogP contribution in [0.3, 0.4) is 0 Å². The number of rotatable bonds is 4. The van der Waals surface area contributed by atoms with E-state index >= 15 is 0 Å². The SMILES string of the molecule is CC[S+](C)C.CC[S+](CC)CC. The fraction of sp³-hybridized carbons (Fsp3) is 1.00. The van der Waals surface area contributed by atoms with E-state index in [4.69, 9.17) is 0 Å². The molecule has 2 heteroatoms. The summed E-state index contributed by atoms with van der Waals surface area (Å²) in [6.45, 7) is 9.03. The van der Waals surface area contributed by atoms with E-state index in [0.29, 0.717) is 10.9 Å². The van der Waals surface area contributed by atoms with Crippen molar-refractivity contribution in [1.82, 2.24) is 0 Å². The molecule has 0 saturated heterocycles. The molecule has 76 valence electrons. The summed E-state index contributed by atoms with van der Waals surface area (Å²) in [6.07, 6.45) is 4.50. The molecule has 0 saturated carbocycles. The van der Waals surface area contributed by atoms with Gasteiger partial charge in [-0.2, -0.15) is 0 Å². The zero-order valence-corrected chi connectivity index (χ0v) is 11.3. The second-order valence-corrected chi connectivity index (χ2v) is 8.26. The second kappa shape index (κ2) is 11.7. The average molecular weight is 210 g/mol. The first kappa shape index (κ1) is 15.2. The Morgan fingerprint density at radius 2 is 0.917 bits per heavy atom. The van der Waals surface area contributed by atoms with Crippen LogP contribution in [-0.4, -0.2) is 35.5 Å². The molecule has 0 aromatic rings. The molecule has 0 aromatic heterocycles. The Morgan fingerprint density at radius 3 is 0.917 bits per heavy atom. The van der Waals surface area contributed by atoms with Gasteiger partial charge in [-0.05, 0) is 49.5 Å². The summed E-state index contributed by atoms with van der Waals surface area (Å²) in [5.41, 5.74) is 0. The van der Waals surface area contributed by atoms with E-state index in [1.54, 1.807) is 0 Å². The minimum absolute atomic E-state index is 0.677. The van der Waals surface area contributed by atoms with Crippen molar-refractivity contribution in [3.05, 3.63) is 0 Å². The molecule has 0 atom stereocenters. The molecule has 0 aromatic carbocycles. The highest BCUT2D eigenvalue weighted by atomic mass is 32.2. The van der Waals surface area contributed by atoms with E-state index in [1.165, 1.54) is 23.0 Å². The molecule has 0 nitrogen and oxygen atoms in total. The Balaban J connectivity index is 0. The molecule has 0 radical (unpaired) electrons. The third-order valence-corrected chi connectivity index (χ3v) is 5.41. The summed E-state index contributed by atoms with van der Waals surface area (Å²) in [4.78, 5) is 0. The summed E-state index contributed by atoms with van der Waals surface area (Å²) in [6, 6.07) is 0. The number of hydrogen-bond acceptors (Lipinski definition) is 0. The van der Waals surface area contributed by atoms with Crippen molar-refractivity contribution in [3.8, 4) is 0 Å². The first-order valence-corrected chi connectivity index (χ1v) is 8.74. The van der Waals surface area contributed by atoms with Crippen molar-refractivity contribution in [2.45, 2.75) is 27.7 Å². The Morgan fingerprint density at radius 1 is 0.667 bits per heavy atom. The molecule has 0 bridgehead atoms. The summed E-state index contributed by atoms with van der Waals surface area (Å²) in [7, 11) is 1.43. The third kappa shape index (κ3) is 13.3. The van der Waals surface area contributed by atoms with Crippen LogP contribution in [0.5, 0.6) is 0 Å². The molecule has 0 aliphatic heterocycles. The fourth-order valence-electron chi connectivity index (χ4n) is 0.612. The van der Waals surface area contributed by atoms with Crippen molar-refractivity contribution in [2.75, 3.05) is 35.5 Å². The van der Waals surface area contributed by atoms with Crippen LogP contribution in [-0.2, 0) is 21.8 Å². The average Bonchev–Trinajstić information content (AvgIpc) is 2.09. The van der Waals surface area contributed by atoms with Crippen molar-refractivity contribution >= 4 is 21.8 Å². The van der Waals surface area contributed by atoms with Gasteiger partial charge in [0.1, 0.15) is 23.0 Å². The van der Waals surface area contributed by atoms with E-state index in [-0.39, 0.29) is 0 Å². The molecule has 0 rings (SSSR count). The molecule has 0 heterocycles. The van der Waals surface area contributed by atoms with Gasteiger partial charge in [0.15, 0.2) is 0 Å². The Labute approximate surface area is 85.2 Å². The summed E-state index contributed by atoms with van der Waals surface area (Å²) < 4.78 is 0. The molecular weight excluding hydrogens is 184 g/mol. The maximum atomic E-state index is 2.27. The molecular formula is C10H26S2+2. The van der Waals surface area contributed by atoms with Gasteiger partial charge in [0.25, 0.3) is 0 Å².